The molecule has 216 valence electrons. The highest BCUT2D eigenvalue weighted by molar-refractivity contribution is 6.05. The van der Waals surface area contributed by atoms with E-state index in [-0.39, 0.29) is 36.1 Å². The van der Waals surface area contributed by atoms with Crippen LogP contribution in [0.2, 0.25) is 0 Å². The molecule has 0 saturated carbocycles. The summed E-state index contributed by atoms with van der Waals surface area (Å²) in [6.07, 6.45) is -3.24. The van der Waals surface area contributed by atoms with Gasteiger partial charge in [0.1, 0.15) is 30.0 Å². The van der Waals surface area contributed by atoms with Crippen molar-refractivity contribution in [3.05, 3.63) is 35.7 Å². The predicted octanol–water partition coefficient (Wildman–Crippen LogP) is 4.72. The number of aryl methyl sites for hydroxylation is 1. The highest BCUT2D eigenvalue weighted by Crippen LogP contribution is 2.42. The molecule has 3 aliphatic rings. The van der Waals surface area contributed by atoms with Crippen molar-refractivity contribution in [2.75, 3.05) is 41.4 Å². The summed E-state index contributed by atoms with van der Waals surface area (Å²) in [5, 5.41) is 2.77. The van der Waals surface area contributed by atoms with E-state index in [0.29, 0.717) is 43.1 Å². The number of rotatable bonds is 7. The molecular weight excluding hydrogens is 531 g/mol. The Morgan fingerprint density at radius 1 is 1.30 bits per heavy atom. The van der Waals surface area contributed by atoms with Crippen molar-refractivity contribution in [3.8, 4) is 5.75 Å². The predicted molar refractivity (Wildman–Crippen MR) is 140 cm³/mol. The van der Waals surface area contributed by atoms with Gasteiger partial charge in [-0.15, -0.1) is 0 Å². The van der Waals surface area contributed by atoms with Crippen molar-refractivity contribution in [3.63, 3.8) is 0 Å². The number of ether oxygens (including phenoxy) is 3. The van der Waals surface area contributed by atoms with E-state index in [9.17, 15) is 22.8 Å². The van der Waals surface area contributed by atoms with Crippen LogP contribution in [-0.4, -0.2) is 72.2 Å². The lowest BCUT2D eigenvalue weighted by atomic mass is 10.0. The Kier molecular flexibility index (Phi) is 7.38. The van der Waals surface area contributed by atoms with E-state index in [4.69, 9.17) is 14.2 Å². The molecule has 2 amide bonds. The summed E-state index contributed by atoms with van der Waals surface area (Å²) in [6, 6.07) is 4.08. The molecule has 2 fully saturated rings. The van der Waals surface area contributed by atoms with Gasteiger partial charge >= 0.3 is 12.2 Å². The van der Waals surface area contributed by atoms with Gasteiger partial charge in [-0.25, -0.2) is 14.8 Å². The fourth-order valence-corrected chi connectivity index (χ4v) is 5.18. The molecule has 2 bridgehead atoms. The summed E-state index contributed by atoms with van der Waals surface area (Å²) >= 11 is 0. The van der Waals surface area contributed by atoms with E-state index >= 15 is 0 Å². The zero-order valence-electron chi connectivity index (χ0n) is 22.7. The first kappa shape index (κ1) is 28.1. The van der Waals surface area contributed by atoms with Gasteiger partial charge in [-0.1, -0.05) is 6.92 Å². The maximum atomic E-state index is 13.5. The lowest BCUT2D eigenvalue weighted by Crippen LogP contribution is -2.48. The second-order valence-electron chi connectivity index (χ2n) is 10.9. The third-order valence-electron chi connectivity index (χ3n) is 7.27. The standard InChI is InChI=1S/C27H32F3N5O5/c1-15-9-20(21(36)10-16(2)27(28,29)30)32-24-23(15)34-8-7-17(12-34)35(24)25(37)33-22-6-5-18(11-31-22)38-13-19-14-39-26(3,4)40-19/h5-6,9,11,16-17,19H,7-8,10,12-14H2,1-4H3,(H,31,33,37)/t16-,17-,19+/m0/s1. The number of carbonyl (C=O) groups is 2. The van der Waals surface area contributed by atoms with E-state index in [2.05, 4.69) is 20.2 Å². The second kappa shape index (κ2) is 10.5. The summed E-state index contributed by atoms with van der Waals surface area (Å²) < 4.78 is 56.2. The molecule has 2 aromatic rings. The lowest BCUT2D eigenvalue weighted by molar-refractivity contribution is -0.168. The van der Waals surface area contributed by atoms with Crippen molar-refractivity contribution in [1.82, 2.24) is 9.97 Å². The summed E-state index contributed by atoms with van der Waals surface area (Å²) in [6.45, 7) is 8.39. The van der Waals surface area contributed by atoms with E-state index in [1.54, 1.807) is 19.1 Å². The van der Waals surface area contributed by atoms with E-state index in [0.717, 1.165) is 6.92 Å². The number of urea groups is 1. The lowest BCUT2D eigenvalue weighted by Gasteiger charge is -2.36. The molecule has 3 atom stereocenters. The van der Waals surface area contributed by atoms with Crippen LogP contribution in [0.4, 0.5) is 35.3 Å². The Morgan fingerprint density at radius 3 is 2.73 bits per heavy atom. The summed E-state index contributed by atoms with van der Waals surface area (Å²) in [5.41, 5.74) is 1.28. The molecule has 3 aliphatic heterocycles. The number of ketones is 1. The van der Waals surface area contributed by atoms with Crippen LogP contribution in [0.5, 0.6) is 5.75 Å². The molecule has 2 aromatic heterocycles. The first-order valence-corrected chi connectivity index (χ1v) is 13.2. The van der Waals surface area contributed by atoms with Crippen LogP contribution < -0.4 is 19.9 Å². The largest absolute Gasteiger partial charge is 0.489 e. The van der Waals surface area contributed by atoms with Crippen molar-refractivity contribution >= 4 is 29.1 Å². The van der Waals surface area contributed by atoms with Crippen LogP contribution in [0.15, 0.2) is 24.4 Å². The van der Waals surface area contributed by atoms with Gasteiger partial charge in [0.2, 0.25) is 0 Å². The van der Waals surface area contributed by atoms with Gasteiger partial charge < -0.3 is 19.1 Å². The molecule has 1 N–H and O–H groups in total. The van der Waals surface area contributed by atoms with Crippen molar-refractivity contribution in [1.29, 1.82) is 0 Å². The van der Waals surface area contributed by atoms with Gasteiger partial charge in [0.05, 0.1) is 30.5 Å². The number of alkyl halides is 3. The average molecular weight is 564 g/mol. The minimum absolute atomic E-state index is 0.0905. The fraction of sp³-hybridized carbons (Fsp3) is 0.556. The fourth-order valence-electron chi connectivity index (χ4n) is 5.18. The zero-order chi connectivity index (χ0) is 28.8. The Bertz CT molecular complexity index is 1290. The van der Waals surface area contributed by atoms with Gasteiger partial charge in [0, 0.05) is 19.5 Å². The van der Waals surface area contributed by atoms with Gasteiger partial charge in [-0.2, -0.15) is 13.2 Å². The first-order valence-electron chi connectivity index (χ1n) is 13.2. The van der Waals surface area contributed by atoms with Gasteiger partial charge in [0.25, 0.3) is 0 Å². The Morgan fingerprint density at radius 2 is 2.08 bits per heavy atom. The number of pyridine rings is 2. The minimum atomic E-state index is -4.49. The third kappa shape index (κ3) is 5.85. The van der Waals surface area contributed by atoms with E-state index in [1.807, 2.05) is 13.8 Å². The molecular formula is C27H32F3N5O5. The van der Waals surface area contributed by atoms with E-state index < -0.39 is 36.1 Å². The normalized spacial score (nSPS) is 22.2. The minimum Gasteiger partial charge on any atom is -0.489 e. The Labute approximate surface area is 229 Å². The van der Waals surface area contributed by atoms with Crippen LogP contribution in [0.25, 0.3) is 0 Å². The van der Waals surface area contributed by atoms with Crippen molar-refractivity contribution in [2.45, 2.75) is 64.6 Å². The number of halogens is 3. The van der Waals surface area contributed by atoms with Crippen LogP contribution in [0.3, 0.4) is 0 Å². The molecule has 0 aliphatic carbocycles. The molecule has 40 heavy (non-hydrogen) atoms. The molecule has 10 nitrogen and oxygen atoms in total. The molecule has 5 heterocycles. The molecule has 0 aromatic carbocycles. The van der Waals surface area contributed by atoms with E-state index in [1.165, 1.54) is 17.2 Å². The zero-order valence-corrected chi connectivity index (χ0v) is 22.7. The SMILES string of the molecule is Cc1cc(C(=O)C[C@H](C)C(F)(F)F)nc2c1N1CC[C@@H](C1)N2C(=O)Nc1ccc(OC[C@@H]2COC(C)(C)O2)cn1. The van der Waals surface area contributed by atoms with Gasteiger partial charge in [0.15, 0.2) is 17.4 Å². The van der Waals surface area contributed by atoms with Crippen molar-refractivity contribution in [2.24, 2.45) is 5.92 Å². The highest BCUT2D eigenvalue weighted by Gasteiger charge is 2.42. The number of Topliss-reactive ketones (excluding diaryl/α,β-unsaturated/α-hetero) is 1. The van der Waals surface area contributed by atoms with Crippen LogP contribution >= 0.6 is 0 Å². The van der Waals surface area contributed by atoms with Gasteiger partial charge in [-0.3, -0.25) is 15.0 Å². The molecule has 13 heteroatoms. The smallest absolute Gasteiger partial charge is 0.391 e. The molecule has 0 radical (unpaired) electrons. The second-order valence-corrected chi connectivity index (χ2v) is 10.9. The molecule has 5 rings (SSSR count). The number of fused-ring (bicyclic) bond motifs is 4. The average Bonchev–Trinajstić information content (AvgIpc) is 3.45. The molecule has 2 saturated heterocycles. The highest BCUT2D eigenvalue weighted by atomic mass is 19.4. The quantitative estimate of drug-likeness (QED) is 0.483. The summed E-state index contributed by atoms with van der Waals surface area (Å²) in [4.78, 5) is 38.5. The number of hydrogen-bond acceptors (Lipinski definition) is 8. The maximum absolute atomic E-state index is 13.5. The monoisotopic (exact) mass is 563 g/mol. The van der Waals surface area contributed by atoms with Crippen LogP contribution in [0.1, 0.15) is 49.7 Å². The van der Waals surface area contributed by atoms with Gasteiger partial charge in [-0.05, 0) is 51.0 Å². The number of nitrogens with one attached hydrogen (secondary N) is 1. The molecule has 0 unspecified atom stereocenters. The number of nitrogens with zero attached hydrogens (tertiary/aromatic N) is 4. The van der Waals surface area contributed by atoms with Crippen molar-refractivity contribution < 1.29 is 37.0 Å². The first-order chi connectivity index (χ1) is 18.8. The number of hydrogen-bond donors (Lipinski definition) is 1. The number of carbonyl (C=O) groups excluding carboxylic acids is 2. The number of amides is 2. The number of anilines is 3. The summed E-state index contributed by atoms with van der Waals surface area (Å²) in [7, 11) is 0. The summed E-state index contributed by atoms with van der Waals surface area (Å²) in [5.74, 6) is -2.14. The molecule has 0 spiro atoms. The van der Waals surface area contributed by atoms with Crippen LogP contribution in [0, 0.1) is 12.8 Å². The third-order valence-corrected chi connectivity index (χ3v) is 7.27. The topological polar surface area (TPSA) is 106 Å². The van der Waals surface area contributed by atoms with Crippen LogP contribution in [-0.2, 0) is 9.47 Å². The Balaban J connectivity index is 1.30. The number of aromatic nitrogens is 2. The Hall–Kier alpha value is -3.45. The maximum Gasteiger partial charge on any atom is 0.391 e.